The summed E-state index contributed by atoms with van der Waals surface area (Å²) in [4.78, 5) is 14.7. The molecule has 1 heterocycles. The maximum atomic E-state index is 12.1. The molecule has 7 heteroatoms. The molecule has 0 radical (unpaired) electrons. The average molecular weight is 315 g/mol. The molecule has 2 bridgehead atoms. The van der Waals surface area contributed by atoms with Crippen LogP contribution in [0.4, 0.5) is 0 Å². The van der Waals surface area contributed by atoms with E-state index < -0.39 is 9.05 Å². The molecule has 108 valence electrons. The van der Waals surface area contributed by atoms with Crippen LogP contribution in [-0.4, -0.2) is 25.4 Å². The van der Waals surface area contributed by atoms with Crippen molar-refractivity contribution in [1.82, 2.24) is 10.3 Å². The molecule has 5 nitrogen and oxygen atoms in total. The number of carbonyl (C=O) groups is 1. The number of halogens is 1. The third-order valence-electron chi connectivity index (χ3n) is 5.22. The van der Waals surface area contributed by atoms with Crippen molar-refractivity contribution in [3.8, 4) is 0 Å². The van der Waals surface area contributed by atoms with Gasteiger partial charge >= 0.3 is 0 Å². The molecular formula is C13H15ClN2O3S. The largest absolute Gasteiger partial charge is 0.356 e. The van der Waals surface area contributed by atoms with Crippen molar-refractivity contribution in [2.45, 2.75) is 30.2 Å². The highest BCUT2D eigenvalue weighted by atomic mass is 35.7. The van der Waals surface area contributed by atoms with Gasteiger partial charge in [0.05, 0.1) is 0 Å². The Morgan fingerprint density at radius 3 is 2.50 bits per heavy atom. The molecule has 1 amide bonds. The molecule has 3 aliphatic carbocycles. The van der Waals surface area contributed by atoms with E-state index in [9.17, 15) is 13.2 Å². The Morgan fingerprint density at radius 1 is 1.30 bits per heavy atom. The third kappa shape index (κ3) is 1.81. The molecule has 4 unspecified atom stereocenters. The average Bonchev–Trinajstić information content (AvgIpc) is 2.86. The van der Waals surface area contributed by atoms with E-state index in [0.29, 0.717) is 11.8 Å². The van der Waals surface area contributed by atoms with Gasteiger partial charge in [0.1, 0.15) is 10.6 Å². The molecule has 4 atom stereocenters. The molecule has 0 spiro atoms. The minimum Gasteiger partial charge on any atom is -0.356 e. The molecule has 1 aromatic rings. The van der Waals surface area contributed by atoms with Crippen LogP contribution in [0, 0.1) is 23.7 Å². The van der Waals surface area contributed by atoms with Crippen molar-refractivity contribution in [2.24, 2.45) is 23.7 Å². The number of amides is 1. The van der Waals surface area contributed by atoms with E-state index in [1.807, 2.05) is 0 Å². The molecule has 4 rings (SSSR count). The van der Waals surface area contributed by atoms with E-state index in [0.717, 1.165) is 11.8 Å². The summed E-state index contributed by atoms with van der Waals surface area (Å²) < 4.78 is 22.3. The van der Waals surface area contributed by atoms with Gasteiger partial charge in [-0.15, -0.1) is 0 Å². The van der Waals surface area contributed by atoms with Gasteiger partial charge in [-0.2, -0.15) is 0 Å². The lowest BCUT2D eigenvalue weighted by molar-refractivity contribution is 0.0940. The minimum absolute atomic E-state index is 0.0691. The lowest BCUT2D eigenvalue weighted by Gasteiger charge is -2.09. The second-order valence-corrected chi connectivity index (χ2v) is 8.74. The van der Waals surface area contributed by atoms with Crippen molar-refractivity contribution in [2.75, 3.05) is 0 Å². The predicted octanol–water partition coefficient (Wildman–Crippen LogP) is 1.72. The topological polar surface area (TPSA) is 79.0 Å². The van der Waals surface area contributed by atoms with Crippen LogP contribution >= 0.6 is 10.7 Å². The molecule has 0 saturated heterocycles. The number of aromatic amines is 1. The number of H-pyrrole nitrogens is 1. The summed E-state index contributed by atoms with van der Waals surface area (Å²) in [5.74, 6) is 2.65. The number of rotatable bonds is 3. The first kappa shape index (κ1) is 12.7. The Balaban J connectivity index is 1.46. The van der Waals surface area contributed by atoms with Gasteiger partial charge in [0.2, 0.25) is 0 Å². The van der Waals surface area contributed by atoms with Crippen molar-refractivity contribution in [3.63, 3.8) is 0 Å². The maximum absolute atomic E-state index is 12.1. The second kappa shape index (κ2) is 4.01. The zero-order valence-corrected chi connectivity index (χ0v) is 12.2. The highest BCUT2D eigenvalue weighted by molar-refractivity contribution is 8.13. The third-order valence-corrected chi connectivity index (χ3v) is 6.55. The highest BCUT2D eigenvalue weighted by Crippen LogP contribution is 2.65. The first-order valence-electron chi connectivity index (χ1n) is 6.89. The molecule has 20 heavy (non-hydrogen) atoms. The highest BCUT2D eigenvalue weighted by Gasteiger charge is 2.65. The molecule has 3 saturated carbocycles. The van der Waals surface area contributed by atoms with Crippen LogP contribution < -0.4 is 5.32 Å². The number of aromatic nitrogens is 1. The summed E-state index contributed by atoms with van der Waals surface area (Å²) >= 11 is 0. The first-order valence-corrected chi connectivity index (χ1v) is 9.20. The number of carbonyl (C=O) groups excluding carboxylic acids is 1. The van der Waals surface area contributed by atoms with Crippen LogP contribution in [-0.2, 0) is 9.05 Å². The summed E-state index contributed by atoms with van der Waals surface area (Å²) in [5.41, 5.74) is 0.251. The van der Waals surface area contributed by atoms with E-state index in [1.165, 1.54) is 31.5 Å². The lowest BCUT2D eigenvalue weighted by atomic mass is 10.0. The van der Waals surface area contributed by atoms with Gasteiger partial charge in [-0.25, -0.2) is 8.42 Å². The van der Waals surface area contributed by atoms with Crippen molar-refractivity contribution in [1.29, 1.82) is 0 Å². The van der Waals surface area contributed by atoms with Gasteiger partial charge in [-0.3, -0.25) is 4.79 Å². The van der Waals surface area contributed by atoms with E-state index in [-0.39, 0.29) is 22.5 Å². The predicted molar refractivity (Wildman–Crippen MR) is 72.9 cm³/mol. The normalized spacial score (nSPS) is 37.8. The van der Waals surface area contributed by atoms with Gasteiger partial charge in [0.25, 0.3) is 15.0 Å². The molecular weight excluding hydrogens is 300 g/mol. The van der Waals surface area contributed by atoms with Crippen LogP contribution in [0.3, 0.4) is 0 Å². The fraction of sp³-hybridized carbons (Fsp3) is 0.615. The standard InChI is InChI=1S/C13H15ClN2O3S/c14-20(18,19)8-4-9(15-5-8)13(17)16-12-10-6-1-2-7(3-6)11(10)12/h4-7,10-12,15H,1-3H2,(H,16,17). The van der Waals surface area contributed by atoms with Crippen LogP contribution in [0.25, 0.3) is 0 Å². The van der Waals surface area contributed by atoms with Gasteiger partial charge < -0.3 is 10.3 Å². The summed E-state index contributed by atoms with van der Waals surface area (Å²) in [7, 11) is 1.45. The van der Waals surface area contributed by atoms with Crippen molar-refractivity contribution >= 4 is 25.6 Å². The molecule has 3 aliphatic rings. The monoisotopic (exact) mass is 314 g/mol. The lowest BCUT2D eigenvalue weighted by Crippen LogP contribution is -2.30. The fourth-order valence-electron chi connectivity index (χ4n) is 4.39. The zero-order chi connectivity index (χ0) is 14.1. The fourth-order valence-corrected chi connectivity index (χ4v) is 5.12. The second-order valence-electron chi connectivity index (χ2n) is 6.17. The quantitative estimate of drug-likeness (QED) is 0.834. The minimum atomic E-state index is -3.79. The van der Waals surface area contributed by atoms with Gasteiger partial charge in [-0.05, 0) is 49.0 Å². The Labute approximate surface area is 121 Å². The van der Waals surface area contributed by atoms with Gasteiger partial charge in [-0.1, -0.05) is 0 Å². The van der Waals surface area contributed by atoms with Crippen LogP contribution in [0.1, 0.15) is 29.8 Å². The van der Waals surface area contributed by atoms with Gasteiger partial charge in [0, 0.05) is 22.9 Å². The zero-order valence-electron chi connectivity index (χ0n) is 10.7. The summed E-state index contributed by atoms with van der Waals surface area (Å²) in [6, 6.07) is 1.57. The van der Waals surface area contributed by atoms with Crippen molar-refractivity contribution < 1.29 is 13.2 Å². The first-order chi connectivity index (χ1) is 9.45. The number of hydrogen-bond acceptors (Lipinski definition) is 3. The smallest absolute Gasteiger partial charge is 0.267 e. The Hall–Kier alpha value is -1.01. The SMILES string of the molecule is O=C(NC1C2C3CCC(C3)C12)c1cc(S(=O)(=O)Cl)c[nH]1. The van der Waals surface area contributed by atoms with Crippen LogP contribution in [0.15, 0.2) is 17.2 Å². The molecule has 0 aliphatic heterocycles. The van der Waals surface area contributed by atoms with Crippen LogP contribution in [0.2, 0.25) is 0 Å². The Bertz CT molecular complexity index is 668. The maximum Gasteiger partial charge on any atom is 0.267 e. The van der Waals surface area contributed by atoms with E-state index in [4.69, 9.17) is 10.7 Å². The number of nitrogens with one attached hydrogen (secondary N) is 2. The summed E-state index contributed by atoms with van der Waals surface area (Å²) in [6.45, 7) is 0. The summed E-state index contributed by atoms with van der Waals surface area (Å²) in [6.07, 6.45) is 5.18. The Kier molecular flexibility index (Phi) is 2.55. The molecule has 3 fully saturated rings. The van der Waals surface area contributed by atoms with E-state index in [2.05, 4.69) is 10.3 Å². The Morgan fingerprint density at radius 2 is 1.95 bits per heavy atom. The van der Waals surface area contributed by atoms with Crippen LogP contribution in [0.5, 0.6) is 0 Å². The number of fused-ring (bicyclic) bond motifs is 5. The molecule has 0 aromatic carbocycles. The number of hydrogen-bond donors (Lipinski definition) is 2. The van der Waals surface area contributed by atoms with E-state index in [1.54, 1.807) is 0 Å². The van der Waals surface area contributed by atoms with Gasteiger partial charge in [0.15, 0.2) is 0 Å². The molecule has 2 N–H and O–H groups in total. The van der Waals surface area contributed by atoms with Crippen molar-refractivity contribution in [3.05, 3.63) is 18.0 Å². The molecule has 1 aromatic heterocycles. The van der Waals surface area contributed by atoms with E-state index >= 15 is 0 Å². The summed E-state index contributed by atoms with van der Waals surface area (Å²) in [5, 5.41) is 3.03.